The van der Waals surface area contributed by atoms with Gasteiger partial charge in [0.15, 0.2) is 0 Å². The average molecular weight is 159 g/mol. The van der Waals surface area contributed by atoms with Gasteiger partial charge < -0.3 is 15.9 Å². The predicted octanol–water partition coefficient (Wildman–Crippen LogP) is -0.441. The van der Waals surface area contributed by atoms with Crippen LogP contribution in [0.5, 0.6) is 0 Å². The Balaban J connectivity index is 2.38. The Bertz CT molecular complexity index is 156. The topological polar surface area (TPSA) is 83.6 Å². The first-order valence-electron chi connectivity index (χ1n) is 3.79. The number of carboxylic acids is 1. The molecule has 1 rings (SSSR count). The fourth-order valence-electron chi connectivity index (χ4n) is 1.22. The zero-order chi connectivity index (χ0) is 8.43. The second-order valence-electron chi connectivity index (χ2n) is 3.05. The van der Waals surface area contributed by atoms with Crippen LogP contribution in [0, 0.1) is 5.92 Å². The van der Waals surface area contributed by atoms with Crippen LogP contribution in [0.4, 0.5) is 0 Å². The summed E-state index contributed by atoms with van der Waals surface area (Å²) in [5.41, 5.74) is 5.22. The van der Waals surface area contributed by atoms with E-state index in [1.165, 1.54) is 0 Å². The second kappa shape index (κ2) is 3.19. The Morgan fingerprint density at radius 3 is 2.36 bits per heavy atom. The fraction of sp³-hybridized carbons (Fsp3) is 0.857. The molecular formula is C7H13NO3. The van der Waals surface area contributed by atoms with Crippen molar-refractivity contribution in [1.29, 1.82) is 0 Å². The summed E-state index contributed by atoms with van der Waals surface area (Å²) < 4.78 is 0. The number of nitrogens with two attached hydrogens (primary N) is 1. The van der Waals surface area contributed by atoms with Crippen molar-refractivity contribution in [3.05, 3.63) is 0 Å². The summed E-state index contributed by atoms with van der Waals surface area (Å²) in [5, 5.41) is 17.7. The number of hydrogen-bond acceptors (Lipinski definition) is 3. The molecule has 0 radical (unpaired) electrons. The van der Waals surface area contributed by atoms with Crippen LogP contribution in [0.1, 0.15) is 19.3 Å². The van der Waals surface area contributed by atoms with Gasteiger partial charge >= 0.3 is 5.97 Å². The Kier molecular flexibility index (Phi) is 2.46. The molecule has 1 aliphatic carbocycles. The lowest BCUT2D eigenvalue weighted by molar-refractivity contribution is -0.142. The van der Waals surface area contributed by atoms with Crippen LogP contribution in [0.3, 0.4) is 0 Å². The molecule has 0 bridgehead atoms. The monoisotopic (exact) mass is 159 g/mol. The number of carboxylic acid groups (broad SMARTS) is 1. The maximum atomic E-state index is 10.3. The summed E-state index contributed by atoms with van der Waals surface area (Å²) in [7, 11) is 0. The fourth-order valence-corrected chi connectivity index (χ4v) is 1.22. The summed E-state index contributed by atoms with van der Waals surface area (Å²) in [6.45, 7) is 0. The van der Waals surface area contributed by atoms with E-state index in [2.05, 4.69) is 0 Å². The van der Waals surface area contributed by atoms with Crippen LogP contribution in [0.25, 0.3) is 0 Å². The summed E-state index contributed by atoms with van der Waals surface area (Å²) in [6, 6.07) is -1.11. The first-order chi connectivity index (χ1) is 5.13. The molecule has 4 N–H and O–H groups in total. The average Bonchev–Trinajstić information content (AvgIpc) is 1.82. The highest BCUT2D eigenvalue weighted by Gasteiger charge is 2.33. The number of hydrogen-bond donors (Lipinski definition) is 3. The van der Waals surface area contributed by atoms with E-state index >= 15 is 0 Å². The van der Waals surface area contributed by atoms with E-state index in [0.717, 1.165) is 19.3 Å². The third-order valence-corrected chi connectivity index (χ3v) is 2.29. The molecule has 4 heteroatoms. The quantitative estimate of drug-likeness (QED) is 0.521. The van der Waals surface area contributed by atoms with E-state index in [1.807, 2.05) is 0 Å². The molecule has 1 fully saturated rings. The van der Waals surface area contributed by atoms with E-state index in [4.69, 9.17) is 10.8 Å². The molecule has 4 nitrogen and oxygen atoms in total. The Morgan fingerprint density at radius 2 is 2.09 bits per heavy atom. The third kappa shape index (κ3) is 1.70. The summed E-state index contributed by atoms with van der Waals surface area (Å²) in [5.74, 6) is -1.01. The Hall–Kier alpha value is -0.610. The first-order valence-corrected chi connectivity index (χ1v) is 3.79. The van der Waals surface area contributed by atoms with E-state index in [-0.39, 0.29) is 5.92 Å². The van der Waals surface area contributed by atoms with Crippen molar-refractivity contribution in [3.63, 3.8) is 0 Å². The highest BCUT2D eigenvalue weighted by atomic mass is 16.4. The Labute approximate surface area is 65.0 Å². The number of aliphatic carboxylic acids is 1. The van der Waals surface area contributed by atoms with Crippen molar-refractivity contribution >= 4 is 5.97 Å². The van der Waals surface area contributed by atoms with E-state index < -0.39 is 18.1 Å². The van der Waals surface area contributed by atoms with Gasteiger partial charge in [-0.15, -0.1) is 0 Å². The minimum absolute atomic E-state index is 0.112. The van der Waals surface area contributed by atoms with E-state index in [0.29, 0.717) is 0 Å². The standard InChI is InChI=1S/C7H13NO3/c8-5(7(10)11)6(9)4-2-1-3-4/h4-6,9H,1-3,8H2,(H,10,11). The highest BCUT2D eigenvalue weighted by Crippen LogP contribution is 2.30. The molecular weight excluding hydrogens is 146 g/mol. The van der Waals surface area contributed by atoms with Crippen LogP contribution in [-0.4, -0.2) is 28.3 Å². The molecule has 0 aromatic heterocycles. The molecule has 0 aromatic rings. The molecule has 11 heavy (non-hydrogen) atoms. The molecule has 1 saturated carbocycles. The van der Waals surface area contributed by atoms with Crippen LogP contribution in [-0.2, 0) is 4.79 Å². The molecule has 0 saturated heterocycles. The molecule has 0 aromatic carbocycles. The van der Waals surface area contributed by atoms with Crippen LogP contribution >= 0.6 is 0 Å². The van der Waals surface area contributed by atoms with Gasteiger partial charge in [-0.1, -0.05) is 6.42 Å². The van der Waals surface area contributed by atoms with Gasteiger partial charge in [-0.2, -0.15) is 0 Å². The van der Waals surface area contributed by atoms with E-state index in [9.17, 15) is 9.90 Å². The van der Waals surface area contributed by atoms with Crippen molar-refractivity contribution in [1.82, 2.24) is 0 Å². The number of carbonyl (C=O) groups is 1. The lowest BCUT2D eigenvalue weighted by atomic mass is 9.79. The summed E-state index contributed by atoms with van der Waals surface area (Å²) in [4.78, 5) is 10.3. The maximum absolute atomic E-state index is 10.3. The van der Waals surface area contributed by atoms with Gasteiger partial charge in [0.2, 0.25) is 0 Å². The van der Waals surface area contributed by atoms with Gasteiger partial charge in [0.1, 0.15) is 6.04 Å². The van der Waals surface area contributed by atoms with Gasteiger partial charge in [0.05, 0.1) is 6.10 Å². The molecule has 0 amide bonds. The van der Waals surface area contributed by atoms with E-state index in [1.54, 1.807) is 0 Å². The number of aliphatic hydroxyl groups excluding tert-OH is 1. The highest BCUT2D eigenvalue weighted by molar-refractivity contribution is 5.73. The van der Waals surface area contributed by atoms with Gasteiger partial charge in [-0.25, -0.2) is 0 Å². The zero-order valence-electron chi connectivity index (χ0n) is 6.23. The number of rotatable bonds is 3. The van der Waals surface area contributed by atoms with Crippen LogP contribution in [0.15, 0.2) is 0 Å². The SMILES string of the molecule is NC(C(=O)O)C(O)C1CCC1. The third-order valence-electron chi connectivity index (χ3n) is 2.29. The Morgan fingerprint density at radius 1 is 1.55 bits per heavy atom. The molecule has 0 heterocycles. The minimum Gasteiger partial charge on any atom is -0.480 e. The van der Waals surface area contributed by atoms with Crippen molar-refractivity contribution in [2.45, 2.75) is 31.4 Å². The molecule has 64 valence electrons. The van der Waals surface area contributed by atoms with Crippen LogP contribution < -0.4 is 5.73 Å². The molecule has 2 atom stereocenters. The lowest BCUT2D eigenvalue weighted by Gasteiger charge is -2.31. The minimum atomic E-state index is -1.12. The molecule has 0 spiro atoms. The molecule has 0 aliphatic heterocycles. The predicted molar refractivity (Wildman–Crippen MR) is 39.0 cm³/mol. The van der Waals surface area contributed by atoms with Gasteiger partial charge in [-0.3, -0.25) is 4.79 Å². The number of aliphatic hydroxyl groups is 1. The second-order valence-corrected chi connectivity index (χ2v) is 3.05. The van der Waals surface area contributed by atoms with Crippen molar-refractivity contribution < 1.29 is 15.0 Å². The van der Waals surface area contributed by atoms with Crippen molar-refractivity contribution in [2.75, 3.05) is 0 Å². The zero-order valence-corrected chi connectivity index (χ0v) is 6.23. The molecule has 1 aliphatic rings. The van der Waals surface area contributed by atoms with Crippen molar-refractivity contribution in [2.24, 2.45) is 11.7 Å². The van der Waals surface area contributed by atoms with Gasteiger partial charge in [0, 0.05) is 0 Å². The van der Waals surface area contributed by atoms with Crippen LogP contribution in [0.2, 0.25) is 0 Å². The normalized spacial score (nSPS) is 23.8. The van der Waals surface area contributed by atoms with Gasteiger partial charge in [0.25, 0.3) is 0 Å². The largest absolute Gasteiger partial charge is 0.480 e. The smallest absolute Gasteiger partial charge is 0.323 e. The lowest BCUT2D eigenvalue weighted by Crippen LogP contribution is -2.47. The first kappa shape index (κ1) is 8.49. The van der Waals surface area contributed by atoms with Crippen molar-refractivity contribution in [3.8, 4) is 0 Å². The summed E-state index contributed by atoms with van der Waals surface area (Å²) in [6.07, 6.45) is 2.03. The summed E-state index contributed by atoms with van der Waals surface area (Å²) >= 11 is 0. The maximum Gasteiger partial charge on any atom is 0.323 e. The van der Waals surface area contributed by atoms with Gasteiger partial charge in [-0.05, 0) is 18.8 Å². The molecule has 2 unspecified atom stereocenters.